The summed E-state index contributed by atoms with van der Waals surface area (Å²) in [5.74, 6) is -0.640. The van der Waals surface area contributed by atoms with Gasteiger partial charge in [-0.2, -0.15) is 0 Å². The molecule has 0 spiro atoms. The normalized spacial score (nSPS) is 21.8. The quantitative estimate of drug-likeness (QED) is 0.638. The van der Waals surface area contributed by atoms with Crippen molar-refractivity contribution in [2.24, 2.45) is 5.92 Å². The van der Waals surface area contributed by atoms with Gasteiger partial charge in [-0.3, -0.25) is 10.1 Å². The Morgan fingerprint density at radius 2 is 2.24 bits per heavy atom. The van der Waals surface area contributed by atoms with Gasteiger partial charge in [0, 0.05) is 6.04 Å². The van der Waals surface area contributed by atoms with Crippen molar-refractivity contribution in [3.63, 3.8) is 0 Å². The SMILES string of the molecule is CCC1CCCC(Nc2cccc(C(=O)O)c2[N+](=O)[O-])C1. The number of aromatic carboxylic acids is 1. The molecule has 1 aliphatic carbocycles. The van der Waals surface area contributed by atoms with Crippen molar-refractivity contribution >= 4 is 17.3 Å². The molecule has 0 bridgehead atoms. The summed E-state index contributed by atoms with van der Waals surface area (Å²) in [5.41, 5.74) is -0.307. The van der Waals surface area contributed by atoms with Crippen molar-refractivity contribution in [2.75, 3.05) is 5.32 Å². The summed E-state index contributed by atoms with van der Waals surface area (Å²) >= 11 is 0. The van der Waals surface area contributed by atoms with Crippen LogP contribution in [0.4, 0.5) is 11.4 Å². The molecule has 0 radical (unpaired) electrons. The van der Waals surface area contributed by atoms with Gasteiger partial charge in [0.2, 0.25) is 0 Å². The lowest BCUT2D eigenvalue weighted by atomic mass is 9.84. The number of nitrogens with one attached hydrogen (secondary N) is 1. The lowest BCUT2D eigenvalue weighted by Gasteiger charge is -2.29. The van der Waals surface area contributed by atoms with E-state index in [1.54, 1.807) is 12.1 Å². The van der Waals surface area contributed by atoms with Crippen molar-refractivity contribution in [3.05, 3.63) is 33.9 Å². The first-order valence-electron chi connectivity index (χ1n) is 7.30. The Labute approximate surface area is 123 Å². The predicted octanol–water partition coefficient (Wildman–Crippen LogP) is 3.67. The summed E-state index contributed by atoms with van der Waals surface area (Å²) in [6.07, 6.45) is 5.35. The third kappa shape index (κ3) is 3.51. The smallest absolute Gasteiger partial charge is 0.342 e. The minimum absolute atomic E-state index is 0.173. The van der Waals surface area contributed by atoms with Crippen LogP contribution in [0.1, 0.15) is 49.4 Å². The molecule has 21 heavy (non-hydrogen) atoms. The van der Waals surface area contributed by atoms with Gasteiger partial charge < -0.3 is 10.4 Å². The number of hydrogen-bond acceptors (Lipinski definition) is 4. The summed E-state index contributed by atoms with van der Waals surface area (Å²) in [6, 6.07) is 4.56. The number of hydrogen-bond donors (Lipinski definition) is 2. The van der Waals surface area contributed by atoms with Crippen LogP contribution < -0.4 is 5.32 Å². The molecule has 2 N–H and O–H groups in total. The van der Waals surface area contributed by atoms with Crippen molar-refractivity contribution in [2.45, 2.75) is 45.1 Å². The molecule has 6 nitrogen and oxygen atoms in total. The van der Waals surface area contributed by atoms with Crippen LogP contribution in [0, 0.1) is 16.0 Å². The third-order valence-electron chi connectivity index (χ3n) is 4.17. The van der Waals surface area contributed by atoms with Crippen LogP contribution in [0.5, 0.6) is 0 Å². The number of rotatable bonds is 5. The Morgan fingerprint density at radius 3 is 2.86 bits per heavy atom. The molecule has 2 unspecified atom stereocenters. The second-order valence-corrected chi connectivity index (χ2v) is 5.55. The maximum absolute atomic E-state index is 11.2. The highest BCUT2D eigenvalue weighted by Crippen LogP contribution is 2.33. The van der Waals surface area contributed by atoms with E-state index >= 15 is 0 Å². The van der Waals surface area contributed by atoms with E-state index in [1.165, 1.54) is 12.5 Å². The molecule has 1 fully saturated rings. The van der Waals surface area contributed by atoms with Crippen molar-refractivity contribution < 1.29 is 14.8 Å². The van der Waals surface area contributed by atoms with Crippen LogP contribution in [0.2, 0.25) is 0 Å². The first kappa shape index (κ1) is 15.3. The number of nitro benzene ring substituents is 1. The first-order valence-corrected chi connectivity index (χ1v) is 7.30. The van der Waals surface area contributed by atoms with Crippen molar-refractivity contribution in [3.8, 4) is 0 Å². The fourth-order valence-electron chi connectivity index (χ4n) is 3.04. The van der Waals surface area contributed by atoms with Gasteiger partial charge in [0.05, 0.1) is 4.92 Å². The Balaban J connectivity index is 2.25. The van der Waals surface area contributed by atoms with Crippen molar-refractivity contribution in [1.29, 1.82) is 0 Å². The Kier molecular flexibility index (Phi) is 4.77. The second kappa shape index (κ2) is 6.56. The van der Waals surface area contributed by atoms with Gasteiger partial charge in [-0.05, 0) is 30.9 Å². The maximum atomic E-state index is 11.2. The Morgan fingerprint density at radius 1 is 1.48 bits per heavy atom. The highest BCUT2D eigenvalue weighted by atomic mass is 16.6. The zero-order chi connectivity index (χ0) is 15.4. The first-order chi connectivity index (χ1) is 10.0. The molecule has 0 saturated heterocycles. The largest absolute Gasteiger partial charge is 0.477 e. The van der Waals surface area contributed by atoms with Gasteiger partial charge in [0.15, 0.2) is 0 Å². The number of para-hydroxylation sites is 1. The molecule has 0 aromatic heterocycles. The second-order valence-electron chi connectivity index (χ2n) is 5.55. The zero-order valence-corrected chi connectivity index (χ0v) is 12.0. The molecule has 6 heteroatoms. The van der Waals surface area contributed by atoms with E-state index in [1.807, 2.05) is 0 Å². The van der Waals surface area contributed by atoms with E-state index in [0.29, 0.717) is 11.6 Å². The van der Waals surface area contributed by atoms with Crippen molar-refractivity contribution in [1.82, 2.24) is 0 Å². The molecule has 1 aliphatic rings. The number of anilines is 1. The topological polar surface area (TPSA) is 92.5 Å². The average Bonchev–Trinajstić information content (AvgIpc) is 2.46. The van der Waals surface area contributed by atoms with Crippen LogP contribution in [-0.2, 0) is 0 Å². The van der Waals surface area contributed by atoms with Crippen LogP contribution in [0.3, 0.4) is 0 Å². The number of carboxylic acids is 1. The fourth-order valence-corrected chi connectivity index (χ4v) is 3.04. The molecular weight excluding hydrogens is 272 g/mol. The number of nitrogens with zero attached hydrogens (tertiary/aromatic N) is 1. The summed E-state index contributed by atoms with van der Waals surface area (Å²) in [4.78, 5) is 21.7. The van der Waals surface area contributed by atoms with Crippen LogP contribution in [-0.4, -0.2) is 22.0 Å². The molecule has 2 rings (SSSR count). The molecule has 0 amide bonds. The lowest BCUT2D eigenvalue weighted by molar-refractivity contribution is -0.384. The number of nitro groups is 1. The van der Waals surface area contributed by atoms with E-state index in [0.717, 1.165) is 25.7 Å². The van der Waals surface area contributed by atoms with Gasteiger partial charge in [-0.25, -0.2) is 4.79 Å². The molecule has 1 saturated carbocycles. The lowest BCUT2D eigenvalue weighted by Crippen LogP contribution is -2.27. The maximum Gasteiger partial charge on any atom is 0.342 e. The zero-order valence-electron chi connectivity index (χ0n) is 12.0. The molecule has 1 aromatic carbocycles. The van der Waals surface area contributed by atoms with E-state index in [-0.39, 0.29) is 17.3 Å². The average molecular weight is 292 g/mol. The summed E-state index contributed by atoms with van der Waals surface area (Å²) in [6.45, 7) is 2.15. The minimum Gasteiger partial charge on any atom is -0.477 e. The summed E-state index contributed by atoms with van der Waals surface area (Å²) in [5, 5.41) is 23.5. The van der Waals surface area contributed by atoms with E-state index in [9.17, 15) is 14.9 Å². The van der Waals surface area contributed by atoms with Gasteiger partial charge >= 0.3 is 11.7 Å². The minimum atomic E-state index is -1.28. The van der Waals surface area contributed by atoms with E-state index < -0.39 is 10.9 Å². The molecule has 0 aliphatic heterocycles. The predicted molar refractivity (Wildman–Crippen MR) is 79.7 cm³/mol. The third-order valence-corrected chi connectivity index (χ3v) is 4.17. The van der Waals surface area contributed by atoms with Gasteiger partial charge in [-0.15, -0.1) is 0 Å². The summed E-state index contributed by atoms with van der Waals surface area (Å²) in [7, 11) is 0. The fraction of sp³-hybridized carbons (Fsp3) is 0.533. The summed E-state index contributed by atoms with van der Waals surface area (Å²) < 4.78 is 0. The van der Waals surface area contributed by atoms with E-state index in [4.69, 9.17) is 5.11 Å². The highest BCUT2D eigenvalue weighted by Gasteiger charge is 2.27. The monoisotopic (exact) mass is 292 g/mol. The molecule has 114 valence electrons. The standard InChI is InChI=1S/C15H20N2O4/c1-2-10-5-3-6-11(9-10)16-13-8-4-7-12(15(18)19)14(13)17(20)21/h4,7-8,10-11,16H,2-3,5-6,9H2,1H3,(H,18,19). The van der Waals surface area contributed by atoms with Crippen LogP contribution in [0.25, 0.3) is 0 Å². The molecule has 1 aromatic rings. The van der Waals surface area contributed by atoms with Crippen LogP contribution in [0.15, 0.2) is 18.2 Å². The van der Waals surface area contributed by atoms with Gasteiger partial charge in [0.1, 0.15) is 11.3 Å². The number of carboxylic acid groups (broad SMARTS) is 1. The molecular formula is C15H20N2O4. The molecule has 2 atom stereocenters. The van der Waals surface area contributed by atoms with E-state index in [2.05, 4.69) is 12.2 Å². The highest BCUT2D eigenvalue weighted by molar-refractivity contribution is 5.95. The number of benzene rings is 1. The van der Waals surface area contributed by atoms with Gasteiger partial charge in [0.25, 0.3) is 0 Å². The Hall–Kier alpha value is -2.11. The van der Waals surface area contributed by atoms with Crippen LogP contribution >= 0.6 is 0 Å². The number of carbonyl (C=O) groups is 1. The molecule has 0 heterocycles. The Bertz CT molecular complexity index is 544. The van der Waals surface area contributed by atoms with Gasteiger partial charge in [-0.1, -0.05) is 32.3 Å².